The normalized spacial score (nSPS) is 16.6. The Kier molecular flexibility index (Phi) is 5.86. The number of benzene rings is 1. The number of nitrogens with zero attached hydrogens (tertiary/aromatic N) is 2. The minimum Gasteiger partial charge on any atom is -0.493 e. The van der Waals surface area contributed by atoms with Crippen molar-refractivity contribution >= 4 is 21.4 Å². The standard InChI is InChI=1S/C18H24N2O4S2/c1-14-4-7-18(25-14)26(21,22)20-10-8-19(9-11-20)13-15-5-6-16(23-2)17(12-15)24-3/h4-7,12H,8-11,13H2,1-3H3. The van der Waals surface area contributed by atoms with E-state index in [-0.39, 0.29) is 0 Å². The van der Waals surface area contributed by atoms with E-state index >= 15 is 0 Å². The lowest BCUT2D eigenvalue weighted by atomic mass is 10.1. The average molecular weight is 397 g/mol. The van der Waals surface area contributed by atoms with Crippen molar-refractivity contribution < 1.29 is 17.9 Å². The first-order chi connectivity index (χ1) is 12.4. The summed E-state index contributed by atoms with van der Waals surface area (Å²) in [7, 11) is -0.129. The molecule has 2 heterocycles. The largest absolute Gasteiger partial charge is 0.493 e. The summed E-state index contributed by atoms with van der Waals surface area (Å²) in [5.74, 6) is 1.41. The van der Waals surface area contributed by atoms with Gasteiger partial charge in [-0.1, -0.05) is 6.07 Å². The molecule has 0 atom stereocenters. The van der Waals surface area contributed by atoms with Crippen molar-refractivity contribution in [3.63, 3.8) is 0 Å². The number of piperazine rings is 1. The monoisotopic (exact) mass is 396 g/mol. The van der Waals surface area contributed by atoms with E-state index in [0.717, 1.165) is 17.0 Å². The molecule has 0 saturated carbocycles. The Morgan fingerprint density at radius 2 is 1.69 bits per heavy atom. The summed E-state index contributed by atoms with van der Waals surface area (Å²) in [5.41, 5.74) is 1.12. The van der Waals surface area contributed by atoms with Crippen LogP contribution in [0.4, 0.5) is 0 Å². The molecule has 26 heavy (non-hydrogen) atoms. The zero-order valence-electron chi connectivity index (χ0n) is 15.3. The molecule has 1 aromatic carbocycles. The molecule has 0 N–H and O–H groups in total. The van der Waals surface area contributed by atoms with Crippen molar-refractivity contribution in [2.75, 3.05) is 40.4 Å². The lowest BCUT2D eigenvalue weighted by Crippen LogP contribution is -2.48. The summed E-state index contributed by atoms with van der Waals surface area (Å²) in [6, 6.07) is 9.43. The van der Waals surface area contributed by atoms with Gasteiger partial charge in [0.05, 0.1) is 14.2 Å². The number of thiophene rings is 1. The molecule has 1 fully saturated rings. The van der Waals surface area contributed by atoms with E-state index in [1.54, 1.807) is 24.6 Å². The summed E-state index contributed by atoms with van der Waals surface area (Å²) in [6.07, 6.45) is 0. The minimum absolute atomic E-state index is 0.434. The second-order valence-corrected chi connectivity index (χ2v) is 9.69. The first kappa shape index (κ1) is 19.2. The van der Waals surface area contributed by atoms with Crippen LogP contribution in [0.5, 0.6) is 11.5 Å². The van der Waals surface area contributed by atoms with E-state index in [0.29, 0.717) is 41.9 Å². The molecule has 0 radical (unpaired) electrons. The number of hydrogen-bond donors (Lipinski definition) is 0. The van der Waals surface area contributed by atoms with Gasteiger partial charge in [0.25, 0.3) is 10.0 Å². The third kappa shape index (κ3) is 4.03. The Balaban J connectivity index is 1.62. The Morgan fingerprint density at radius 1 is 1.00 bits per heavy atom. The van der Waals surface area contributed by atoms with Gasteiger partial charge in [0.15, 0.2) is 11.5 Å². The van der Waals surface area contributed by atoms with E-state index in [1.807, 2.05) is 31.2 Å². The number of hydrogen-bond acceptors (Lipinski definition) is 6. The highest BCUT2D eigenvalue weighted by Gasteiger charge is 2.29. The molecular weight excluding hydrogens is 372 g/mol. The maximum absolute atomic E-state index is 12.7. The van der Waals surface area contributed by atoms with Crippen LogP contribution < -0.4 is 9.47 Å². The predicted octanol–water partition coefficient (Wildman–Crippen LogP) is 2.58. The molecule has 0 spiro atoms. The second-order valence-electron chi connectivity index (χ2n) is 6.23. The third-order valence-electron chi connectivity index (χ3n) is 4.50. The number of rotatable bonds is 6. The van der Waals surface area contributed by atoms with Gasteiger partial charge < -0.3 is 9.47 Å². The second kappa shape index (κ2) is 7.96. The summed E-state index contributed by atoms with van der Waals surface area (Å²) >= 11 is 1.33. The number of aryl methyl sites for hydroxylation is 1. The van der Waals surface area contributed by atoms with Crippen LogP contribution >= 0.6 is 11.3 Å². The molecule has 0 aliphatic carbocycles. The molecule has 0 bridgehead atoms. The summed E-state index contributed by atoms with van der Waals surface area (Å²) < 4.78 is 38.0. The van der Waals surface area contributed by atoms with Crippen molar-refractivity contribution in [3.05, 3.63) is 40.8 Å². The minimum atomic E-state index is -3.37. The first-order valence-electron chi connectivity index (χ1n) is 8.44. The van der Waals surface area contributed by atoms with Crippen LogP contribution in [-0.4, -0.2) is 58.0 Å². The van der Waals surface area contributed by atoms with Crippen molar-refractivity contribution in [3.8, 4) is 11.5 Å². The SMILES string of the molecule is COc1ccc(CN2CCN(S(=O)(=O)c3ccc(C)s3)CC2)cc1OC. The van der Waals surface area contributed by atoms with Gasteiger partial charge in [-0.15, -0.1) is 11.3 Å². The molecule has 2 aromatic rings. The smallest absolute Gasteiger partial charge is 0.252 e. The van der Waals surface area contributed by atoms with Crippen LogP contribution in [0.3, 0.4) is 0 Å². The van der Waals surface area contributed by atoms with Crippen molar-refractivity contribution in [1.82, 2.24) is 9.21 Å². The van der Waals surface area contributed by atoms with Crippen LogP contribution in [0, 0.1) is 6.92 Å². The lowest BCUT2D eigenvalue weighted by molar-refractivity contribution is 0.181. The topological polar surface area (TPSA) is 59.1 Å². The number of methoxy groups -OCH3 is 2. The van der Waals surface area contributed by atoms with E-state index in [9.17, 15) is 8.42 Å². The first-order valence-corrected chi connectivity index (χ1v) is 10.7. The molecule has 1 saturated heterocycles. The molecule has 1 aliphatic rings. The Morgan fingerprint density at radius 3 is 2.27 bits per heavy atom. The van der Waals surface area contributed by atoms with E-state index in [4.69, 9.17) is 9.47 Å². The molecule has 6 nitrogen and oxygen atoms in total. The van der Waals surface area contributed by atoms with Crippen LogP contribution in [0.25, 0.3) is 0 Å². The van der Waals surface area contributed by atoms with Crippen LogP contribution in [-0.2, 0) is 16.6 Å². The molecule has 3 rings (SSSR count). The Hall–Kier alpha value is -1.61. The summed E-state index contributed by atoms with van der Waals surface area (Å²) in [6.45, 7) is 5.10. The van der Waals surface area contributed by atoms with Gasteiger partial charge >= 0.3 is 0 Å². The zero-order chi connectivity index (χ0) is 18.7. The Bertz CT molecular complexity index is 856. The maximum Gasteiger partial charge on any atom is 0.252 e. The predicted molar refractivity (Wildman–Crippen MR) is 103 cm³/mol. The quantitative estimate of drug-likeness (QED) is 0.751. The fourth-order valence-electron chi connectivity index (χ4n) is 3.04. The van der Waals surface area contributed by atoms with Crippen LogP contribution in [0.2, 0.25) is 0 Å². The van der Waals surface area contributed by atoms with E-state index < -0.39 is 10.0 Å². The van der Waals surface area contributed by atoms with Gasteiger partial charge in [0.2, 0.25) is 0 Å². The average Bonchev–Trinajstić information content (AvgIpc) is 3.09. The van der Waals surface area contributed by atoms with Crippen molar-refractivity contribution in [1.29, 1.82) is 0 Å². The molecule has 1 aromatic heterocycles. The summed E-state index contributed by atoms with van der Waals surface area (Å²) in [4.78, 5) is 3.27. The van der Waals surface area contributed by atoms with Crippen LogP contribution in [0.15, 0.2) is 34.5 Å². The molecule has 0 amide bonds. The van der Waals surface area contributed by atoms with Gasteiger partial charge in [0, 0.05) is 37.6 Å². The zero-order valence-corrected chi connectivity index (χ0v) is 16.9. The van der Waals surface area contributed by atoms with Crippen molar-refractivity contribution in [2.45, 2.75) is 17.7 Å². The van der Waals surface area contributed by atoms with E-state index in [1.165, 1.54) is 11.3 Å². The Labute approximate surface area is 159 Å². The number of sulfonamides is 1. The lowest BCUT2D eigenvalue weighted by Gasteiger charge is -2.33. The van der Waals surface area contributed by atoms with E-state index in [2.05, 4.69) is 4.90 Å². The fraction of sp³-hybridized carbons (Fsp3) is 0.444. The summed E-state index contributed by atoms with van der Waals surface area (Å²) in [5, 5.41) is 0. The molecule has 142 valence electrons. The van der Waals surface area contributed by atoms with Crippen LogP contribution in [0.1, 0.15) is 10.4 Å². The highest BCUT2D eigenvalue weighted by atomic mass is 32.2. The van der Waals surface area contributed by atoms with Gasteiger partial charge in [-0.25, -0.2) is 8.42 Å². The van der Waals surface area contributed by atoms with Gasteiger partial charge in [-0.3, -0.25) is 4.90 Å². The van der Waals surface area contributed by atoms with Gasteiger partial charge in [0.1, 0.15) is 4.21 Å². The highest BCUT2D eigenvalue weighted by Crippen LogP contribution is 2.29. The molecule has 0 unspecified atom stereocenters. The number of ether oxygens (including phenoxy) is 2. The maximum atomic E-state index is 12.7. The van der Waals surface area contributed by atoms with Gasteiger partial charge in [-0.05, 0) is 36.8 Å². The molecule has 1 aliphatic heterocycles. The van der Waals surface area contributed by atoms with Crippen molar-refractivity contribution in [2.24, 2.45) is 0 Å². The highest BCUT2D eigenvalue weighted by molar-refractivity contribution is 7.91. The molecule has 8 heteroatoms. The third-order valence-corrected chi connectivity index (χ3v) is 7.86. The fourth-order valence-corrected chi connectivity index (χ4v) is 5.90. The van der Waals surface area contributed by atoms with Gasteiger partial charge in [-0.2, -0.15) is 4.31 Å². The molecular formula is C18H24N2O4S2.